The van der Waals surface area contributed by atoms with Gasteiger partial charge in [-0.3, -0.25) is 24.4 Å². The maximum absolute atomic E-state index is 13.9. The molecule has 1 saturated carbocycles. The molecule has 2 amide bonds. The lowest BCUT2D eigenvalue weighted by molar-refractivity contribution is -0.120. The standard InChI is InChI=1S/C31H30ClN5O3/c1-36-18-24(28-26(36)6-4-14-34-28)29(38)20-9-7-19(8-10-20)17-37-27(16-22-5-2-3-13-33-22)30(39)35-25-15-21(32)11-12-23(25)31(37)40/h2-6,11-15,18-20,27H,7-10,16-17H2,1H3,(H,35,39)/t19-,20-,27-/m1/s1. The molecule has 0 spiro atoms. The Bertz CT molecular complexity index is 1590. The van der Waals surface area contributed by atoms with Crippen molar-refractivity contribution in [3.8, 4) is 0 Å². The second kappa shape index (κ2) is 10.8. The van der Waals surface area contributed by atoms with Gasteiger partial charge >= 0.3 is 0 Å². The van der Waals surface area contributed by atoms with Crippen LogP contribution in [0, 0.1) is 11.8 Å². The van der Waals surface area contributed by atoms with E-state index in [0.29, 0.717) is 34.8 Å². The normalized spacial score (nSPS) is 21.1. The molecule has 40 heavy (non-hydrogen) atoms. The summed E-state index contributed by atoms with van der Waals surface area (Å²) in [6.07, 6.45) is 8.66. The van der Waals surface area contributed by atoms with Gasteiger partial charge in [0.2, 0.25) is 5.91 Å². The molecule has 1 atom stereocenters. The molecular weight excluding hydrogens is 526 g/mol. The molecule has 1 aromatic carbocycles. The molecule has 0 radical (unpaired) electrons. The van der Waals surface area contributed by atoms with Crippen molar-refractivity contribution in [3.63, 3.8) is 0 Å². The summed E-state index contributed by atoms with van der Waals surface area (Å²) in [7, 11) is 1.93. The number of anilines is 1. The van der Waals surface area contributed by atoms with Crippen LogP contribution >= 0.6 is 11.6 Å². The molecule has 2 aliphatic rings. The molecule has 1 aliphatic heterocycles. The summed E-state index contributed by atoms with van der Waals surface area (Å²) >= 11 is 6.18. The van der Waals surface area contributed by atoms with Gasteiger partial charge in [0, 0.05) is 55.2 Å². The van der Waals surface area contributed by atoms with Crippen molar-refractivity contribution in [3.05, 3.63) is 89.0 Å². The summed E-state index contributed by atoms with van der Waals surface area (Å²) < 4.78 is 1.95. The van der Waals surface area contributed by atoms with Gasteiger partial charge in [-0.1, -0.05) is 17.7 Å². The van der Waals surface area contributed by atoms with Crippen molar-refractivity contribution < 1.29 is 14.4 Å². The Balaban J connectivity index is 1.21. The predicted molar refractivity (Wildman–Crippen MR) is 153 cm³/mol. The first-order valence-electron chi connectivity index (χ1n) is 13.6. The van der Waals surface area contributed by atoms with Gasteiger partial charge < -0.3 is 14.8 Å². The van der Waals surface area contributed by atoms with E-state index in [1.165, 1.54) is 0 Å². The Morgan fingerprint density at radius 3 is 2.60 bits per heavy atom. The summed E-state index contributed by atoms with van der Waals surface area (Å²) in [6.45, 7) is 0.433. The lowest BCUT2D eigenvalue weighted by atomic mass is 9.78. The molecule has 1 N–H and O–H groups in total. The third-order valence-corrected chi connectivity index (χ3v) is 8.46. The third-order valence-electron chi connectivity index (χ3n) is 8.22. The summed E-state index contributed by atoms with van der Waals surface area (Å²) in [6, 6.07) is 13.7. The third kappa shape index (κ3) is 4.99. The van der Waals surface area contributed by atoms with Crippen LogP contribution in [0.15, 0.2) is 67.1 Å². The monoisotopic (exact) mass is 555 g/mol. The lowest BCUT2D eigenvalue weighted by Gasteiger charge is -2.35. The smallest absolute Gasteiger partial charge is 0.256 e. The van der Waals surface area contributed by atoms with E-state index in [-0.39, 0.29) is 29.4 Å². The highest BCUT2D eigenvalue weighted by molar-refractivity contribution is 6.31. The first-order chi connectivity index (χ1) is 19.4. The summed E-state index contributed by atoms with van der Waals surface area (Å²) in [5, 5.41) is 3.37. The van der Waals surface area contributed by atoms with Gasteiger partial charge in [-0.2, -0.15) is 0 Å². The van der Waals surface area contributed by atoms with Crippen molar-refractivity contribution in [1.29, 1.82) is 0 Å². The number of nitrogens with one attached hydrogen (secondary N) is 1. The van der Waals surface area contributed by atoms with E-state index >= 15 is 0 Å². The number of benzene rings is 1. The fourth-order valence-electron chi connectivity index (χ4n) is 6.09. The molecule has 0 unspecified atom stereocenters. The number of hydrogen-bond acceptors (Lipinski definition) is 5. The average molecular weight is 556 g/mol. The number of Topliss-reactive ketones (excluding diaryl/α,β-unsaturated/α-hetero) is 1. The van der Waals surface area contributed by atoms with Crippen molar-refractivity contribution in [2.24, 2.45) is 18.9 Å². The number of rotatable bonds is 6. The number of nitrogens with zero attached hydrogens (tertiary/aromatic N) is 4. The molecule has 8 nitrogen and oxygen atoms in total. The quantitative estimate of drug-likeness (QED) is 0.325. The number of aromatic nitrogens is 3. The van der Waals surface area contributed by atoms with Gasteiger partial charge in [-0.25, -0.2) is 0 Å². The first-order valence-corrected chi connectivity index (χ1v) is 14.0. The molecular formula is C31H30ClN5O3. The summed E-state index contributed by atoms with van der Waals surface area (Å²) in [4.78, 5) is 51.4. The molecule has 1 aliphatic carbocycles. The Labute approximate surface area is 237 Å². The molecule has 1 fully saturated rings. The SMILES string of the molecule is Cn1cc(C(=O)[C@H]2CC[C@H](CN3C(=O)c4ccc(Cl)cc4NC(=O)[C@H]3Cc3ccccn3)CC2)c2ncccc21. The fraction of sp³-hybridized carbons (Fsp3) is 0.323. The topological polar surface area (TPSA) is 97.2 Å². The van der Waals surface area contributed by atoms with Crippen molar-refractivity contribution >= 4 is 45.9 Å². The van der Waals surface area contributed by atoms with Crippen LogP contribution < -0.4 is 5.32 Å². The highest BCUT2D eigenvalue weighted by atomic mass is 35.5. The van der Waals surface area contributed by atoms with Gasteiger partial charge in [0.15, 0.2) is 5.78 Å². The molecule has 0 bridgehead atoms. The highest BCUT2D eigenvalue weighted by Crippen LogP contribution is 2.35. The maximum atomic E-state index is 13.9. The number of halogens is 1. The molecule has 204 valence electrons. The van der Waals surface area contributed by atoms with Crippen LogP contribution in [0.3, 0.4) is 0 Å². The van der Waals surface area contributed by atoms with E-state index < -0.39 is 6.04 Å². The van der Waals surface area contributed by atoms with E-state index in [1.54, 1.807) is 35.5 Å². The van der Waals surface area contributed by atoms with Crippen LogP contribution in [-0.4, -0.2) is 49.6 Å². The summed E-state index contributed by atoms with van der Waals surface area (Å²) in [5.74, 6) is -0.240. The zero-order valence-electron chi connectivity index (χ0n) is 22.2. The van der Waals surface area contributed by atoms with Crippen LogP contribution in [0.25, 0.3) is 11.0 Å². The zero-order valence-corrected chi connectivity index (χ0v) is 23.0. The Kier molecular flexibility index (Phi) is 7.11. The van der Waals surface area contributed by atoms with E-state index in [9.17, 15) is 14.4 Å². The van der Waals surface area contributed by atoms with Crippen LogP contribution in [0.4, 0.5) is 5.69 Å². The van der Waals surface area contributed by atoms with E-state index in [0.717, 1.165) is 42.4 Å². The molecule has 0 saturated heterocycles. The molecule has 9 heteroatoms. The Hall–Kier alpha value is -4.04. The maximum Gasteiger partial charge on any atom is 0.256 e. The number of amides is 2. The number of pyridine rings is 2. The molecule has 4 heterocycles. The second-order valence-electron chi connectivity index (χ2n) is 10.8. The number of carbonyl (C=O) groups is 3. The van der Waals surface area contributed by atoms with Crippen LogP contribution in [0.1, 0.15) is 52.1 Å². The number of carbonyl (C=O) groups excluding carboxylic acids is 3. The zero-order chi connectivity index (χ0) is 27.8. The summed E-state index contributed by atoms with van der Waals surface area (Å²) in [5.41, 5.74) is 3.95. The van der Waals surface area contributed by atoms with Crippen LogP contribution in [0.2, 0.25) is 5.02 Å². The number of aryl methyl sites for hydroxylation is 1. The molecule has 6 rings (SSSR count). The van der Waals surface area contributed by atoms with E-state index in [4.69, 9.17) is 11.6 Å². The van der Waals surface area contributed by atoms with Gasteiger partial charge in [0.1, 0.15) is 6.04 Å². The molecule has 3 aromatic heterocycles. The number of fused-ring (bicyclic) bond motifs is 2. The van der Waals surface area contributed by atoms with Gasteiger partial charge in [-0.05, 0) is 74.1 Å². The van der Waals surface area contributed by atoms with Crippen molar-refractivity contribution in [2.75, 3.05) is 11.9 Å². The second-order valence-corrected chi connectivity index (χ2v) is 11.2. The predicted octanol–water partition coefficient (Wildman–Crippen LogP) is 5.32. The largest absolute Gasteiger partial charge is 0.348 e. The van der Waals surface area contributed by atoms with Crippen LogP contribution in [0.5, 0.6) is 0 Å². The number of hydrogen-bond donors (Lipinski definition) is 1. The van der Waals surface area contributed by atoms with Crippen LogP contribution in [-0.2, 0) is 18.3 Å². The highest BCUT2D eigenvalue weighted by Gasteiger charge is 2.38. The minimum absolute atomic E-state index is 0.0841. The minimum Gasteiger partial charge on any atom is -0.348 e. The minimum atomic E-state index is -0.713. The fourth-order valence-corrected chi connectivity index (χ4v) is 6.26. The van der Waals surface area contributed by atoms with Gasteiger partial charge in [0.05, 0.1) is 27.8 Å². The molecule has 4 aromatic rings. The van der Waals surface area contributed by atoms with Gasteiger partial charge in [0.25, 0.3) is 5.91 Å². The Morgan fingerprint density at radius 1 is 1.02 bits per heavy atom. The average Bonchev–Trinajstić information content (AvgIpc) is 3.27. The Morgan fingerprint density at radius 2 is 1.82 bits per heavy atom. The van der Waals surface area contributed by atoms with Gasteiger partial charge in [-0.15, -0.1) is 0 Å². The first kappa shape index (κ1) is 26.2. The van der Waals surface area contributed by atoms with E-state index in [1.807, 2.05) is 48.1 Å². The lowest BCUT2D eigenvalue weighted by Crippen LogP contribution is -2.49. The van der Waals surface area contributed by atoms with Crippen molar-refractivity contribution in [2.45, 2.75) is 38.1 Å². The van der Waals surface area contributed by atoms with Crippen molar-refractivity contribution in [1.82, 2.24) is 19.4 Å². The van der Waals surface area contributed by atoms with E-state index in [2.05, 4.69) is 15.3 Å². The number of ketones is 1.